The van der Waals surface area contributed by atoms with Gasteiger partial charge in [0, 0.05) is 20.6 Å². The summed E-state index contributed by atoms with van der Waals surface area (Å²) >= 11 is 0. The molecule has 0 fully saturated rings. The van der Waals surface area contributed by atoms with Gasteiger partial charge >= 0.3 is 0 Å². The quantitative estimate of drug-likeness (QED) is 0.362. The number of likely N-dealkylation sites (N-methyl/N-ethyl adjacent to an activating group) is 1. The molecule has 0 heterocycles. The SMILES string of the molecule is CCNC(=NCc1cccc(Oc2ccccc2)c1)NCC(=O)N(C)C.I. The summed E-state index contributed by atoms with van der Waals surface area (Å²) < 4.78 is 5.85. The highest BCUT2D eigenvalue weighted by Crippen LogP contribution is 2.22. The van der Waals surface area contributed by atoms with Crippen LogP contribution in [-0.4, -0.2) is 44.0 Å². The number of guanidine groups is 1. The average Bonchev–Trinajstić information content (AvgIpc) is 2.65. The third-order valence-corrected chi connectivity index (χ3v) is 3.55. The Morgan fingerprint density at radius 1 is 1.04 bits per heavy atom. The van der Waals surface area contributed by atoms with Crippen molar-refractivity contribution in [2.24, 2.45) is 4.99 Å². The van der Waals surface area contributed by atoms with Crippen LogP contribution in [0.5, 0.6) is 11.5 Å². The average molecular weight is 482 g/mol. The van der Waals surface area contributed by atoms with Gasteiger partial charge in [0.2, 0.25) is 5.91 Å². The fourth-order valence-corrected chi connectivity index (χ4v) is 2.16. The number of rotatable bonds is 7. The van der Waals surface area contributed by atoms with E-state index >= 15 is 0 Å². The zero-order valence-electron chi connectivity index (χ0n) is 15.9. The fraction of sp³-hybridized carbons (Fsp3) is 0.300. The predicted octanol–water partition coefficient (Wildman–Crippen LogP) is 3.24. The molecular weight excluding hydrogens is 455 g/mol. The van der Waals surface area contributed by atoms with Gasteiger partial charge in [0.15, 0.2) is 5.96 Å². The van der Waals surface area contributed by atoms with Crippen molar-refractivity contribution in [2.75, 3.05) is 27.2 Å². The Kier molecular flexibility index (Phi) is 10.2. The molecule has 0 unspecified atom stereocenters. The fourth-order valence-electron chi connectivity index (χ4n) is 2.16. The van der Waals surface area contributed by atoms with E-state index in [1.165, 1.54) is 0 Å². The van der Waals surface area contributed by atoms with Crippen LogP contribution in [-0.2, 0) is 11.3 Å². The maximum Gasteiger partial charge on any atom is 0.241 e. The molecule has 6 nitrogen and oxygen atoms in total. The third kappa shape index (κ3) is 8.29. The highest BCUT2D eigenvalue weighted by Gasteiger charge is 2.05. The summed E-state index contributed by atoms with van der Waals surface area (Å²) in [5, 5.41) is 6.18. The molecule has 0 saturated carbocycles. The van der Waals surface area contributed by atoms with E-state index in [9.17, 15) is 4.79 Å². The number of para-hydroxylation sites is 1. The number of nitrogens with one attached hydrogen (secondary N) is 2. The molecule has 2 aromatic carbocycles. The minimum atomic E-state index is -0.00568. The third-order valence-electron chi connectivity index (χ3n) is 3.55. The van der Waals surface area contributed by atoms with Gasteiger partial charge in [-0.1, -0.05) is 30.3 Å². The normalized spacial score (nSPS) is 10.6. The second kappa shape index (κ2) is 12.2. The second-order valence-electron chi connectivity index (χ2n) is 5.90. The van der Waals surface area contributed by atoms with Crippen LogP contribution in [0.3, 0.4) is 0 Å². The Bertz CT molecular complexity index is 736. The van der Waals surface area contributed by atoms with E-state index in [0.717, 1.165) is 23.6 Å². The summed E-state index contributed by atoms with van der Waals surface area (Å²) in [6.45, 7) is 3.39. The maximum atomic E-state index is 11.7. The number of amides is 1. The van der Waals surface area contributed by atoms with E-state index in [0.29, 0.717) is 12.5 Å². The summed E-state index contributed by atoms with van der Waals surface area (Å²) in [4.78, 5) is 17.8. The first-order chi connectivity index (χ1) is 12.6. The molecule has 0 spiro atoms. The van der Waals surface area contributed by atoms with Crippen molar-refractivity contribution in [1.82, 2.24) is 15.5 Å². The molecule has 7 heteroatoms. The topological polar surface area (TPSA) is 66.0 Å². The van der Waals surface area contributed by atoms with Crippen LogP contribution >= 0.6 is 24.0 Å². The number of aliphatic imine (C=N–C) groups is 1. The first-order valence-electron chi connectivity index (χ1n) is 8.62. The minimum Gasteiger partial charge on any atom is -0.457 e. The molecule has 0 aliphatic rings. The van der Waals surface area contributed by atoms with Crippen LogP contribution in [0.15, 0.2) is 59.6 Å². The largest absolute Gasteiger partial charge is 0.457 e. The van der Waals surface area contributed by atoms with Gasteiger partial charge in [-0.3, -0.25) is 4.79 Å². The Hall–Kier alpha value is -2.29. The van der Waals surface area contributed by atoms with Crippen molar-refractivity contribution < 1.29 is 9.53 Å². The molecule has 1 amide bonds. The van der Waals surface area contributed by atoms with E-state index in [2.05, 4.69) is 15.6 Å². The highest BCUT2D eigenvalue weighted by molar-refractivity contribution is 14.0. The molecule has 2 N–H and O–H groups in total. The van der Waals surface area contributed by atoms with Crippen LogP contribution in [0.4, 0.5) is 0 Å². The van der Waals surface area contributed by atoms with Crippen molar-refractivity contribution in [2.45, 2.75) is 13.5 Å². The smallest absolute Gasteiger partial charge is 0.241 e. The lowest BCUT2D eigenvalue weighted by atomic mass is 10.2. The van der Waals surface area contributed by atoms with Gasteiger partial charge < -0.3 is 20.3 Å². The van der Waals surface area contributed by atoms with Gasteiger partial charge in [0.1, 0.15) is 11.5 Å². The molecule has 0 atom stereocenters. The van der Waals surface area contributed by atoms with E-state index < -0.39 is 0 Å². The van der Waals surface area contributed by atoms with Gasteiger partial charge in [0.25, 0.3) is 0 Å². The molecule has 2 aromatic rings. The zero-order valence-corrected chi connectivity index (χ0v) is 18.3. The number of carbonyl (C=O) groups excluding carboxylic acids is 1. The summed E-state index contributed by atoms with van der Waals surface area (Å²) in [5.74, 6) is 2.17. The van der Waals surface area contributed by atoms with E-state index in [-0.39, 0.29) is 36.4 Å². The molecule has 0 bridgehead atoms. The second-order valence-corrected chi connectivity index (χ2v) is 5.90. The van der Waals surface area contributed by atoms with Crippen LogP contribution in [0.1, 0.15) is 12.5 Å². The van der Waals surface area contributed by atoms with Crippen molar-refractivity contribution in [1.29, 1.82) is 0 Å². The van der Waals surface area contributed by atoms with Crippen molar-refractivity contribution >= 4 is 35.8 Å². The highest BCUT2D eigenvalue weighted by atomic mass is 127. The van der Waals surface area contributed by atoms with E-state index in [4.69, 9.17) is 4.74 Å². The molecule has 0 radical (unpaired) electrons. The van der Waals surface area contributed by atoms with Crippen molar-refractivity contribution in [3.63, 3.8) is 0 Å². The molecule has 2 rings (SSSR count). The van der Waals surface area contributed by atoms with E-state index in [1.54, 1.807) is 19.0 Å². The molecular formula is C20H27IN4O2. The molecule has 0 saturated heterocycles. The number of ether oxygens (including phenoxy) is 1. The Morgan fingerprint density at radius 2 is 1.74 bits per heavy atom. The van der Waals surface area contributed by atoms with Crippen LogP contribution < -0.4 is 15.4 Å². The van der Waals surface area contributed by atoms with E-state index in [1.807, 2.05) is 61.5 Å². The summed E-state index contributed by atoms with van der Waals surface area (Å²) in [7, 11) is 3.46. The Morgan fingerprint density at radius 3 is 2.41 bits per heavy atom. The Balaban J connectivity index is 0.00000364. The first kappa shape index (κ1) is 22.8. The standard InChI is InChI=1S/C20H26N4O2.HI/c1-4-21-20(23-15-19(25)24(2)3)22-14-16-9-8-12-18(13-16)26-17-10-6-5-7-11-17;/h5-13H,4,14-15H2,1-3H3,(H2,21,22,23);1H. The summed E-state index contributed by atoms with van der Waals surface area (Å²) in [5.41, 5.74) is 1.02. The van der Waals surface area contributed by atoms with Crippen LogP contribution in [0.25, 0.3) is 0 Å². The summed E-state index contributed by atoms with van der Waals surface area (Å²) in [6, 6.07) is 17.5. The molecule has 0 aliphatic heterocycles. The Labute approximate surface area is 178 Å². The zero-order chi connectivity index (χ0) is 18.8. The lowest BCUT2D eigenvalue weighted by molar-refractivity contribution is -0.127. The number of hydrogen-bond acceptors (Lipinski definition) is 3. The first-order valence-corrected chi connectivity index (χ1v) is 8.62. The van der Waals surface area contributed by atoms with Gasteiger partial charge in [-0.05, 0) is 36.8 Å². The van der Waals surface area contributed by atoms with Crippen LogP contribution in [0, 0.1) is 0 Å². The van der Waals surface area contributed by atoms with Crippen LogP contribution in [0.2, 0.25) is 0 Å². The maximum absolute atomic E-state index is 11.7. The van der Waals surface area contributed by atoms with Gasteiger partial charge in [-0.15, -0.1) is 24.0 Å². The number of nitrogens with zero attached hydrogens (tertiary/aromatic N) is 2. The minimum absolute atomic E-state index is 0. The van der Waals surface area contributed by atoms with Crippen molar-refractivity contribution in [3.05, 3.63) is 60.2 Å². The molecule has 146 valence electrons. The van der Waals surface area contributed by atoms with Crippen molar-refractivity contribution in [3.8, 4) is 11.5 Å². The monoisotopic (exact) mass is 482 g/mol. The van der Waals surface area contributed by atoms with Gasteiger partial charge in [0.05, 0.1) is 13.1 Å². The lowest BCUT2D eigenvalue weighted by Crippen LogP contribution is -2.42. The number of carbonyl (C=O) groups is 1. The predicted molar refractivity (Wildman–Crippen MR) is 120 cm³/mol. The summed E-state index contributed by atoms with van der Waals surface area (Å²) in [6.07, 6.45) is 0. The number of benzene rings is 2. The number of hydrogen-bond donors (Lipinski definition) is 2. The van der Waals surface area contributed by atoms with Gasteiger partial charge in [-0.25, -0.2) is 4.99 Å². The number of halogens is 1. The molecule has 0 aromatic heterocycles. The lowest BCUT2D eigenvalue weighted by Gasteiger charge is -2.14. The molecule has 27 heavy (non-hydrogen) atoms. The van der Waals surface area contributed by atoms with Gasteiger partial charge in [-0.2, -0.15) is 0 Å². The molecule has 0 aliphatic carbocycles.